The van der Waals surface area contributed by atoms with E-state index in [0.717, 1.165) is 21.2 Å². The van der Waals surface area contributed by atoms with Gasteiger partial charge in [0.2, 0.25) is 11.8 Å². The Morgan fingerprint density at radius 1 is 1.24 bits per heavy atom. The first-order chi connectivity index (χ1) is 12.2. The number of nitrogens with zero attached hydrogens (tertiary/aromatic N) is 1. The number of methoxy groups -OCH3 is 1. The molecule has 0 fully saturated rings. The first-order valence-electron chi connectivity index (χ1n) is 7.73. The van der Waals surface area contributed by atoms with Crippen LogP contribution in [0.3, 0.4) is 0 Å². The summed E-state index contributed by atoms with van der Waals surface area (Å²) in [4.78, 5) is 17.2. The van der Waals surface area contributed by atoms with Crippen molar-refractivity contribution in [3.63, 3.8) is 0 Å². The molecule has 25 heavy (non-hydrogen) atoms. The number of hydrogen-bond acceptors (Lipinski definition) is 4. The van der Waals surface area contributed by atoms with Gasteiger partial charge in [-0.3, -0.25) is 4.79 Å². The summed E-state index contributed by atoms with van der Waals surface area (Å²) in [5.74, 6) is 0.823. The van der Waals surface area contributed by atoms with E-state index in [0.29, 0.717) is 23.2 Å². The van der Waals surface area contributed by atoms with Gasteiger partial charge >= 0.3 is 0 Å². The minimum absolute atomic E-state index is 0.0372. The number of carbonyl (C=O) groups is 1. The third-order valence-corrected chi connectivity index (χ3v) is 5.05. The molecule has 1 aromatic heterocycles. The Balaban J connectivity index is 1.61. The van der Waals surface area contributed by atoms with Gasteiger partial charge in [0.25, 0.3) is 0 Å². The molecule has 3 aromatic rings. The van der Waals surface area contributed by atoms with E-state index >= 15 is 0 Å². The van der Waals surface area contributed by atoms with E-state index in [2.05, 4.69) is 10.3 Å². The lowest BCUT2D eigenvalue weighted by Gasteiger charge is -2.09. The van der Waals surface area contributed by atoms with Gasteiger partial charge in [0.15, 0.2) is 0 Å². The Morgan fingerprint density at radius 2 is 2.04 bits per heavy atom. The van der Waals surface area contributed by atoms with Crippen molar-refractivity contribution in [2.24, 2.45) is 0 Å². The van der Waals surface area contributed by atoms with E-state index < -0.39 is 0 Å². The van der Waals surface area contributed by atoms with Crippen molar-refractivity contribution in [1.82, 2.24) is 10.3 Å². The molecule has 6 heteroatoms. The second kappa shape index (κ2) is 8.23. The van der Waals surface area contributed by atoms with Crippen LogP contribution in [0.2, 0.25) is 5.02 Å². The Labute approximate surface area is 155 Å². The molecule has 3 rings (SSSR count). The molecule has 0 saturated heterocycles. The highest BCUT2D eigenvalue weighted by Crippen LogP contribution is 2.33. The average molecular weight is 373 g/mol. The predicted molar refractivity (Wildman–Crippen MR) is 102 cm³/mol. The van der Waals surface area contributed by atoms with E-state index in [1.165, 1.54) is 11.8 Å². The third-order valence-electron chi connectivity index (χ3n) is 3.67. The standard InChI is InChI=1S/C19H17ClN2O2S/c1-24-18-10-13(8-9-21-18)11-22-17(23)12-25-16-7-3-5-14-4-2-6-15(20)19(14)16/h2-10H,11-12H2,1H3,(H,22,23). The second-order valence-corrected chi connectivity index (χ2v) is 6.79. The SMILES string of the molecule is COc1cc(CNC(=O)CSc2cccc3cccc(Cl)c23)ccn1. The van der Waals surface area contributed by atoms with Crippen LogP contribution in [-0.4, -0.2) is 23.8 Å². The summed E-state index contributed by atoms with van der Waals surface area (Å²) in [6.07, 6.45) is 1.66. The predicted octanol–water partition coefficient (Wildman–Crippen LogP) is 4.31. The van der Waals surface area contributed by atoms with Crippen LogP contribution in [0.5, 0.6) is 5.88 Å². The van der Waals surface area contributed by atoms with Gasteiger partial charge in [0.05, 0.1) is 12.9 Å². The normalized spacial score (nSPS) is 10.6. The lowest BCUT2D eigenvalue weighted by molar-refractivity contribution is -0.118. The molecule has 0 atom stereocenters. The highest BCUT2D eigenvalue weighted by molar-refractivity contribution is 8.00. The van der Waals surface area contributed by atoms with Crippen molar-refractivity contribution in [2.75, 3.05) is 12.9 Å². The van der Waals surface area contributed by atoms with Crippen molar-refractivity contribution in [2.45, 2.75) is 11.4 Å². The zero-order valence-corrected chi connectivity index (χ0v) is 15.2. The number of fused-ring (bicyclic) bond motifs is 1. The van der Waals surface area contributed by atoms with Crippen molar-refractivity contribution in [3.05, 3.63) is 65.3 Å². The number of thioether (sulfide) groups is 1. The minimum atomic E-state index is -0.0372. The molecule has 1 amide bonds. The Kier molecular flexibility index (Phi) is 5.79. The summed E-state index contributed by atoms with van der Waals surface area (Å²) in [6, 6.07) is 15.4. The van der Waals surface area contributed by atoms with Crippen molar-refractivity contribution in [1.29, 1.82) is 0 Å². The summed E-state index contributed by atoms with van der Waals surface area (Å²) in [5.41, 5.74) is 0.943. The van der Waals surface area contributed by atoms with Gasteiger partial charge in [-0.15, -0.1) is 11.8 Å². The first kappa shape index (κ1) is 17.6. The number of hydrogen-bond donors (Lipinski definition) is 1. The molecule has 0 aliphatic carbocycles. The van der Waals surface area contributed by atoms with Gasteiger partial charge in [0, 0.05) is 34.1 Å². The molecule has 1 N–H and O–H groups in total. The monoisotopic (exact) mass is 372 g/mol. The number of carbonyl (C=O) groups excluding carboxylic acids is 1. The third kappa shape index (κ3) is 4.44. The van der Waals surface area contributed by atoms with E-state index in [1.54, 1.807) is 19.4 Å². The van der Waals surface area contributed by atoms with Gasteiger partial charge in [0.1, 0.15) is 0 Å². The average Bonchev–Trinajstić information content (AvgIpc) is 2.65. The Morgan fingerprint density at radius 3 is 2.84 bits per heavy atom. The summed E-state index contributed by atoms with van der Waals surface area (Å²) in [5, 5.41) is 5.67. The molecule has 0 saturated carbocycles. The maximum absolute atomic E-state index is 12.2. The smallest absolute Gasteiger partial charge is 0.230 e. The summed E-state index contributed by atoms with van der Waals surface area (Å²) in [7, 11) is 1.57. The lowest BCUT2D eigenvalue weighted by Crippen LogP contribution is -2.24. The molecule has 0 radical (unpaired) electrons. The van der Waals surface area contributed by atoms with E-state index in [4.69, 9.17) is 16.3 Å². The second-order valence-electron chi connectivity index (χ2n) is 5.37. The maximum Gasteiger partial charge on any atom is 0.230 e. The molecule has 128 valence electrons. The fourth-order valence-electron chi connectivity index (χ4n) is 2.45. The van der Waals surface area contributed by atoms with Gasteiger partial charge in [-0.05, 0) is 29.1 Å². The fourth-order valence-corrected chi connectivity index (χ4v) is 3.72. The van der Waals surface area contributed by atoms with Gasteiger partial charge in [-0.25, -0.2) is 4.98 Å². The molecule has 0 bridgehead atoms. The van der Waals surface area contributed by atoms with E-state index in [-0.39, 0.29) is 5.91 Å². The zero-order valence-electron chi connectivity index (χ0n) is 13.7. The molecule has 0 aliphatic heterocycles. The first-order valence-corrected chi connectivity index (χ1v) is 9.09. The Bertz CT molecular complexity index is 896. The van der Waals surface area contributed by atoms with Crippen molar-refractivity contribution in [3.8, 4) is 5.88 Å². The molecular formula is C19H17ClN2O2S. The van der Waals surface area contributed by atoms with Crippen LogP contribution < -0.4 is 10.1 Å². The van der Waals surface area contributed by atoms with Crippen LogP contribution in [0.15, 0.2) is 59.6 Å². The number of rotatable bonds is 6. The number of ether oxygens (including phenoxy) is 1. The number of halogens is 1. The maximum atomic E-state index is 12.2. The van der Waals surface area contributed by atoms with E-state index in [1.807, 2.05) is 42.5 Å². The van der Waals surface area contributed by atoms with E-state index in [9.17, 15) is 4.79 Å². The Hall–Kier alpha value is -2.24. The minimum Gasteiger partial charge on any atom is -0.481 e. The summed E-state index contributed by atoms with van der Waals surface area (Å²) < 4.78 is 5.08. The number of nitrogens with one attached hydrogen (secondary N) is 1. The van der Waals surface area contributed by atoms with Gasteiger partial charge in [-0.1, -0.05) is 35.9 Å². The number of pyridine rings is 1. The fraction of sp³-hybridized carbons (Fsp3) is 0.158. The largest absolute Gasteiger partial charge is 0.481 e. The summed E-state index contributed by atoms with van der Waals surface area (Å²) >= 11 is 7.80. The van der Waals surface area contributed by atoms with Crippen LogP contribution in [0.1, 0.15) is 5.56 Å². The van der Waals surface area contributed by atoms with Crippen LogP contribution in [0.4, 0.5) is 0 Å². The molecule has 4 nitrogen and oxygen atoms in total. The number of aromatic nitrogens is 1. The van der Waals surface area contributed by atoms with Gasteiger partial charge < -0.3 is 10.1 Å². The molecule has 0 spiro atoms. The van der Waals surface area contributed by atoms with Crippen LogP contribution in [0.25, 0.3) is 10.8 Å². The molecule has 0 aliphatic rings. The van der Waals surface area contributed by atoms with Crippen LogP contribution in [-0.2, 0) is 11.3 Å². The topological polar surface area (TPSA) is 51.2 Å². The highest BCUT2D eigenvalue weighted by atomic mass is 35.5. The molecule has 0 unspecified atom stereocenters. The van der Waals surface area contributed by atoms with Crippen molar-refractivity contribution < 1.29 is 9.53 Å². The zero-order chi connectivity index (χ0) is 17.6. The molecular weight excluding hydrogens is 356 g/mol. The van der Waals surface area contributed by atoms with Crippen LogP contribution >= 0.6 is 23.4 Å². The van der Waals surface area contributed by atoms with Crippen molar-refractivity contribution >= 4 is 40.0 Å². The van der Waals surface area contributed by atoms with Crippen LogP contribution in [0, 0.1) is 0 Å². The molecule has 1 heterocycles. The lowest BCUT2D eigenvalue weighted by atomic mass is 10.1. The quantitative estimate of drug-likeness (QED) is 0.655. The van der Waals surface area contributed by atoms with Gasteiger partial charge in [-0.2, -0.15) is 0 Å². The summed E-state index contributed by atoms with van der Waals surface area (Å²) in [6.45, 7) is 0.439. The molecule has 2 aromatic carbocycles. The highest BCUT2D eigenvalue weighted by Gasteiger charge is 2.08. The number of benzene rings is 2. The number of amides is 1.